The Labute approximate surface area is 180 Å². The summed E-state index contributed by atoms with van der Waals surface area (Å²) in [5, 5.41) is 26.8. The molecule has 1 aromatic heterocycles. The van der Waals surface area contributed by atoms with E-state index in [9.17, 15) is 20.0 Å². The first-order chi connectivity index (χ1) is 14.9. The van der Waals surface area contributed by atoms with Gasteiger partial charge in [-0.15, -0.1) is 10.1 Å². The van der Waals surface area contributed by atoms with Crippen LogP contribution in [0, 0.1) is 17.0 Å². The van der Waals surface area contributed by atoms with Gasteiger partial charge in [0.05, 0.1) is 6.04 Å². The van der Waals surface area contributed by atoms with Crippen LogP contribution >= 0.6 is 0 Å². The monoisotopic (exact) mass is 434 g/mol. The summed E-state index contributed by atoms with van der Waals surface area (Å²) in [5.74, 6) is 0.510. The quantitative estimate of drug-likeness (QED) is 0.240. The summed E-state index contributed by atoms with van der Waals surface area (Å²) in [6.07, 6.45) is 1.88. The number of amides is 1. The molecule has 1 heterocycles. The van der Waals surface area contributed by atoms with E-state index in [1.807, 2.05) is 31.2 Å². The number of aryl methyl sites for hydroxylation is 1. The summed E-state index contributed by atoms with van der Waals surface area (Å²) >= 11 is 0. The molecule has 3 atom stereocenters. The van der Waals surface area contributed by atoms with Crippen LogP contribution in [0.5, 0.6) is 5.75 Å². The summed E-state index contributed by atoms with van der Waals surface area (Å²) in [6, 6.07) is 7.38. The van der Waals surface area contributed by atoms with Gasteiger partial charge in [-0.05, 0) is 38.0 Å². The summed E-state index contributed by atoms with van der Waals surface area (Å²) < 4.78 is 5.76. The van der Waals surface area contributed by atoms with E-state index in [4.69, 9.17) is 9.57 Å². The SMILES string of the molecule is Cc1cc2c(OCC(O)CNCCC(=O)N[C@@H]3CCCC[C@H]3O[N+](=O)[O-])cccc2[nH]1. The lowest BCUT2D eigenvalue weighted by Gasteiger charge is -2.30. The number of ether oxygens (including phenoxy) is 1. The van der Waals surface area contributed by atoms with Crippen LogP contribution in [0.3, 0.4) is 0 Å². The van der Waals surface area contributed by atoms with E-state index >= 15 is 0 Å². The fraction of sp³-hybridized carbons (Fsp3) is 0.571. The van der Waals surface area contributed by atoms with Crippen LogP contribution in [0.4, 0.5) is 0 Å². The van der Waals surface area contributed by atoms with Crippen molar-refractivity contribution < 1.29 is 24.6 Å². The molecule has 0 saturated heterocycles. The molecule has 2 aromatic rings. The van der Waals surface area contributed by atoms with Gasteiger partial charge >= 0.3 is 0 Å². The maximum absolute atomic E-state index is 12.2. The summed E-state index contributed by atoms with van der Waals surface area (Å²) in [7, 11) is 0. The normalized spacial score (nSPS) is 19.7. The molecule has 3 rings (SSSR count). The average molecular weight is 434 g/mol. The van der Waals surface area contributed by atoms with Crippen molar-refractivity contribution in [1.82, 2.24) is 15.6 Å². The molecule has 1 aliphatic carbocycles. The molecule has 4 N–H and O–H groups in total. The van der Waals surface area contributed by atoms with E-state index in [1.165, 1.54) is 0 Å². The number of hydrogen-bond acceptors (Lipinski definition) is 7. The Morgan fingerprint density at radius 2 is 2.19 bits per heavy atom. The van der Waals surface area contributed by atoms with Gasteiger partial charge in [0, 0.05) is 36.1 Å². The van der Waals surface area contributed by atoms with Crippen molar-refractivity contribution in [2.45, 2.75) is 57.3 Å². The largest absolute Gasteiger partial charge is 0.490 e. The van der Waals surface area contributed by atoms with E-state index < -0.39 is 17.3 Å². The second kappa shape index (κ2) is 11.0. The van der Waals surface area contributed by atoms with Crippen molar-refractivity contribution in [2.24, 2.45) is 0 Å². The molecule has 170 valence electrons. The van der Waals surface area contributed by atoms with Crippen molar-refractivity contribution in [2.75, 3.05) is 19.7 Å². The molecule has 1 amide bonds. The van der Waals surface area contributed by atoms with Gasteiger partial charge in [0.2, 0.25) is 5.91 Å². The summed E-state index contributed by atoms with van der Waals surface area (Å²) in [6.45, 7) is 2.77. The lowest BCUT2D eigenvalue weighted by Crippen LogP contribution is -2.47. The number of nitrogens with one attached hydrogen (secondary N) is 3. The maximum atomic E-state index is 12.2. The number of aromatic nitrogens is 1. The van der Waals surface area contributed by atoms with E-state index in [1.54, 1.807) is 0 Å². The highest BCUT2D eigenvalue weighted by Crippen LogP contribution is 2.26. The van der Waals surface area contributed by atoms with Crippen LogP contribution in [-0.2, 0) is 9.63 Å². The Balaban J connectivity index is 1.34. The number of aromatic amines is 1. The molecular weight excluding hydrogens is 404 g/mol. The Morgan fingerprint density at radius 3 is 3.00 bits per heavy atom. The van der Waals surface area contributed by atoms with Crippen LogP contribution in [0.2, 0.25) is 0 Å². The van der Waals surface area contributed by atoms with Crippen LogP contribution < -0.4 is 15.4 Å². The van der Waals surface area contributed by atoms with Gasteiger partial charge in [0.15, 0.2) is 0 Å². The van der Waals surface area contributed by atoms with Gasteiger partial charge in [-0.3, -0.25) is 4.79 Å². The molecule has 1 unspecified atom stereocenters. The zero-order valence-corrected chi connectivity index (χ0v) is 17.6. The Bertz CT molecular complexity index is 886. The predicted octanol–water partition coefficient (Wildman–Crippen LogP) is 1.83. The molecule has 0 radical (unpaired) electrons. The van der Waals surface area contributed by atoms with Gasteiger partial charge in [0.1, 0.15) is 24.6 Å². The number of fused-ring (bicyclic) bond motifs is 1. The second-order valence-electron chi connectivity index (χ2n) is 7.91. The summed E-state index contributed by atoms with van der Waals surface area (Å²) in [5.41, 5.74) is 2.02. The standard InChI is InChI=1S/C21H30N4O6/c1-14-11-16-17(23-14)6-4-8-19(16)30-13-15(26)12-22-10-9-21(27)24-18-5-2-3-7-20(18)31-25(28)29/h4,6,8,11,15,18,20,22-23,26H,2-3,5,7,9-10,12-13H2,1H3,(H,24,27)/t15?,18-,20-/m1/s1. The van der Waals surface area contributed by atoms with Gasteiger partial charge in [-0.2, -0.15) is 0 Å². The first kappa shape index (κ1) is 22.8. The minimum Gasteiger partial charge on any atom is -0.490 e. The smallest absolute Gasteiger partial charge is 0.294 e. The zero-order chi connectivity index (χ0) is 22.2. The highest BCUT2D eigenvalue weighted by atomic mass is 17.0. The number of carbonyl (C=O) groups excluding carboxylic acids is 1. The first-order valence-corrected chi connectivity index (χ1v) is 10.6. The van der Waals surface area contributed by atoms with Gasteiger partial charge in [0.25, 0.3) is 5.09 Å². The molecule has 0 bridgehead atoms. The molecule has 1 aromatic carbocycles. The first-order valence-electron chi connectivity index (χ1n) is 10.6. The lowest BCUT2D eigenvalue weighted by atomic mass is 9.92. The molecule has 10 nitrogen and oxygen atoms in total. The average Bonchev–Trinajstić information content (AvgIpc) is 3.11. The number of benzene rings is 1. The van der Waals surface area contributed by atoms with Crippen LogP contribution in [0.1, 0.15) is 37.8 Å². The third kappa shape index (κ3) is 6.83. The lowest BCUT2D eigenvalue weighted by molar-refractivity contribution is -0.770. The number of hydrogen-bond donors (Lipinski definition) is 4. The minimum atomic E-state index is -0.794. The van der Waals surface area contributed by atoms with E-state index in [2.05, 4.69) is 15.6 Å². The van der Waals surface area contributed by atoms with Gasteiger partial charge in [-0.25, -0.2) is 0 Å². The van der Waals surface area contributed by atoms with Crippen molar-refractivity contribution in [3.8, 4) is 5.75 Å². The molecule has 1 fully saturated rings. The third-order valence-electron chi connectivity index (χ3n) is 5.37. The number of rotatable bonds is 11. The van der Waals surface area contributed by atoms with Crippen LogP contribution in [-0.4, -0.2) is 59.0 Å². The van der Waals surface area contributed by atoms with Crippen molar-refractivity contribution in [3.05, 3.63) is 40.1 Å². The van der Waals surface area contributed by atoms with Crippen LogP contribution in [0.25, 0.3) is 10.9 Å². The van der Waals surface area contributed by atoms with E-state index in [-0.39, 0.29) is 31.5 Å². The highest BCUT2D eigenvalue weighted by molar-refractivity contribution is 5.86. The van der Waals surface area contributed by atoms with Crippen molar-refractivity contribution in [3.63, 3.8) is 0 Å². The predicted molar refractivity (Wildman–Crippen MR) is 114 cm³/mol. The Kier molecular flexibility index (Phi) is 8.07. The summed E-state index contributed by atoms with van der Waals surface area (Å²) in [4.78, 5) is 30.7. The molecular formula is C21H30N4O6. The zero-order valence-electron chi connectivity index (χ0n) is 17.6. The number of aliphatic hydroxyl groups is 1. The molecule has 31 heavy (non-hydrogen) atoms. The molecule has 0 spiro atoms. The Hall–Kier alpha value is -2.85. The number of aliphatic hydroxyl groups excluding tert-OH is 1. The fourth-order valence-electron chi connectivity index (χ4n) is 3.89. The fourth-order valence-corrected chi connectivity index (χ4v) is 3.89. The van der Waals surface area contributed by atoms with Crippen LogP contribution in [0.15, 0.2) is 24.3 Å². The number of nitrogens with zero attached hydrogens (tertiary/aromatic N) is 1. The molecule has 10 heteroatoms. The van der Waals surface area contributed by atoms with Crippen molar-refractivity contribution >= 4 is 16.8 Å². The molecule has 0 aliphatic heterocycles. The topological polar surface area (TPSA) is 139 Å². The minimum absolute atomic E-state index is 0.129. The highest BCUT2D eigenvalue weighted by Gasteiger charge is 2.29. The molecule has 1 aliphatic rings. The van der Waals surface area contributed by atoms with Gasteiger partial charge < -0.3 is 30.3 Å². The van der Waals surface area contributed by atoms with E-state index in [0.717, 1.165) is 29.4 Å². The number of H-pyrrole nitrogens is 1. The maximum Gasteiger partial charge on any atom is 0.294 e. The Morgan fingerprint density at radius 1 is 1.39 bits per heavy atom. The third-order valence-corrected chi connectivity index (χ3v) is 5.37. The van der Waals surface area contributed by atoms with Crippen molar-refractivity contribution in [1.29, 1.82) is 0 Å². The number of carbonyl (C=O) groups is 1. The van der Waals surface area contributed by atoms with Gasteiger partial charge in [-0.1, -0.05) is 18.9 Å². The second-order valence-corrected chi connectivity index (χ2v) is 7.91. The molecule has 1 saturated carbocycles. The van der Waals surface area contributed by atoms with E-state index in [0.29, 0.717) is 25.1 Å².